The number of rotatable bonds is 4. The molecule has 0 unspecified atom stereocenters. The van der Waals surface area contributed by atoms with Crippen LogP contribution in [0.3, 0.4) is 0 Å². The fraction of sp³-hybridized carbons (Fsp3) is 0.368. The summed E-state index contributed by atoms with van der Waals surface area (Å²) in [6.07, 6.45) is -4.63. The number of nitrogens with two attached hydrogens (primary N) is 1. The Morgan fingerprint density at radius 1 is 1.35 bits per heavy atom. The van der Waals surface area contributed by atoms with Crippen LogP contribution in [0.15, 0.2) is 30.1 Å². The number of halogens is 3. The van der Waals surface area contributed by atoms with Gasteiger partial charge < -0.3 is 20.5 Å². The third kappa shape index (κ3) is 3.77. The smallest absolute Gasteiger partial charge is 0.412 e. The van der Waals surface area contributed by atoms with Gasteiger partial charge in [-0.2, -0.15) is 18.3 Å². The molecule has 0 bridgehead atoms. The van der Waals surface area contributed by atoms with Crippen molar-refractivity contribution in [2.24, 2.45) is 5.73 Å². The number of aromatic nitrogens is 2. The Balaban J connectivity index is 1.72. The molecule has 31 heavy (non-hydrogen) atoms. The first-order valence-corrected chi connectivity index (χ1v) is 9.34. The lowest BCUT2D eigenvalue weighted by Crippen LogP contribution is -2.42. The van der Waals surface area contributed by atoms with Crippen LogP contribution < -0.4 is 20.7 Å². The van der Waals surface area contributed by atoms with Crippen molar-refractivity contribution >= 4 is 23.4 Å². The summed E-state index contributed by atoms with van der Waals surface area (Å²) in [6, 6.07) is 3.86. The molecule has 1 saturated heterocycles. The molecule has 1 amide bonds. The first-order chi connectivity index (χ1) is 14.7. The number of fused-ring (bicyclic) bond motifs is 3. The lowest BCUT2D eigenvalue weighted by molar-refractivity contribution is -0.147. The highest BCUT2D eigenvalue weighted by Gasteiger charge is 2.51. The molecule has 1 aromatic carbocycles. The first kappa shape index (κ1) is 20.6. The predicted octanol–water partition coefficient (Wildman–Crippen LogP) is 1.67. The third-order valence-electron chi connectivity index (χ3n) is 5.02. The molecule has 12 heteroatoms. The van der Waals surface area contributed by atoms with E-state index in [1.165, 1.54) is 16.7 Å². The second kappa shape index (κ2) is 7.55. The fourth-order valence-electron chi connectivity index (χ4n) is 3.44. The fourth-order valence-corrected chi connectivity index (χ4v) is 3.44. The summed E-state index contributed by atoms with van der Waals surface area (Å²) in [7, 11) is 0. The molecule has 0 spiro atoms. The van der Waals surface area contributed by atoms with E-state index in [0.717, 1.165) is 0 Å². The lowest BCUT2D eigenvalue weighted by Gasteiger charge is -2.22. The summed E-state index contributed by atoms with van der Waals surface area (Å²) < 4.78 is 52.5. The van der Waals surface area contributed by atoms with Crippen molar-refractivity contribution in [3.8, 4) is 17.0 Å². The normalized spacial score (nSPS) is 18.8. The van der Waals surface area contributed by atoms with Crippen LogP contribution >= 0.6 is 0 Å². The quantitative estimate of drug-likeness (QED) is 0.700. The van der Waals surface area contributed by atoms with Crippen LogP contribution in [0.1, 0.15) is 6.92 Å². The molecule has 3 N–H and O–H groups in total. The molecule has 0 saturated carbocycles. The number of nitrogens with one attached hydrogen (secondary N) is 1. The molecule has 3 heterocycles. The van der Waals surface area contributed by atoms with Gasteiger partial charge in [0.25, 0.3) is 5.88 Å². The number of nitrogens with zero attached hydrogens (tertiary/aromatic N) is 3. The Hall–Kier alpha value is -3.66. The molecular weight excluding hydrogens is 419 g/mol. The average molecular weight is 437 g/mol. The van der Waals surface area contributed by atoms with Gasteiger partial charge in [0, 0.05) is 23.4 Å². The van der Waals surface area contributed by atoms with E-state index >= 15 is 0 Å². The van der Waals surface area contributed by atoms with Crippen molar-refractivity contribution in [2.45, 2.75) is 31.7 Å². The molecule has 4 rings (SSSR count). The van der Waals surface area contributed by atoms with E-state index in [2.05, 4.69) is 10.4 Å². The Bertz CT molecular complexity index is 1080. The van der Waals surface area contributed by atoms with Gasteiger partial charge in [0.1, 0.15) is 25.0 Å². The Kier molecular flexibility index (Phi) is 5.02. The van der Waals surface area contributed by atoms with E-state index < -0.39 is 36.7 Å². The Morgan fingerprint density at radius 2 is 2.13 bits per heavy atom. The van der Waals surface area contributed by atoms with Crippen LogP contribution in [0.25, 0.3) is 11.3 Å². The molecule has 2 aliphatic heterocycles. The lowest BCUT2D eigenvalue weighted by atomic mass is 10.1. The van der Waals surface area contributed by atoms with E-state index in [9.17, 15) is 22.8 Å². The van der Waals surface area contributed by atoms with E-state index in [0.29, 0.717) is 27.6 Å². The van der Waals surface area contributed by atoms with Crippen molar-refractivity contribution in [1.29, 1.82) is 0 Å². The standard InChI is InChI=1S/C19H18F3N5O4/c1-10(18(23)29)24-11-2-3-12-13-7-16(25-26(13)4-5-30-14(12)6-11)27-15(19(20,21)22)9-31-17(27)8-28/h2-3,6-7,10,15,24H,4-5,9H2,1H3,(H2,23,29)/t10-,15-/m0/s1. The van der Waals surface area contributed by atoms with Gasteiger partial charge in [-0.3, -0.25) is 14.4 Å². The largest absolute Gasteiger partial charge is 0.491 e. The van der Waals surface area contributed by atoms with E-state index in [1.54, 1.807) is 25.1 Å². The van der Waals surface area contributed by atoms with Crippen molar-refractivity contribution in [1.82, 2.24) is 9.78 Å². The number of anilines is 2. The van der Waals surface area contributed by atoms with Crippen LogP contribution in [-0.2, 0) is 20.9 Å². The van der Waals surface area contributed by atoms with Crippen molar-refractivity contribution < 1.29 is 32.2 Å². The number of hydrogen-bond acceptors (Lipinski definition) is 7. The second-order valence-corrected chi connectivity index (χ2v) is 7.08. The molecular formula is C19H18F3N5O4. The van der Waals surface area contributed by atoms with Gasteiger partial charge in [-0.25, -0.2) is 4.79 Å². The molecule has 2 aromatic rings. The number of ether oxygens (including phenoxy) is 2. The topological polar surface area (TPSA) is 112 Å². The van der Waals surface area contributed by atoms with Gasteiger partial charge in [0.2, 0.25) is 5.91 Å². The summed E-state index contributed by atoms with van der Waals surface area (Å²) in [5, 5.41) is 7.20. The minimum atomic E-state index is -4.63. The molecule has 2 aliphatic rings. The summed E-state index contributed by atoms with van der Waals surface area (Å²) in [4.78, 5) is 23.1. The molecule has 9 nitrogen and oxygen atoms in total. The van der Waals surface area contributed by atoms with Gasteiger partial charge in [-0.1, -0.05) is 0 Å². The van der Waals surface area contributed by atoms with E-state index in [-0.39, 0.29) is 19.0 Å². The number of primary amides is 1. The zero-order valence-electron chi connectivity index (χ0n) is 16.3. The molecule has 2 atom stereocenters. The number of carbonyl (C=O) groups is 1. The molecule has 0 aliphatic carbocycles. The highest BCUT2D eigenvalue weighted by Crippen LogP contribution is 2.40. The third-order valence-corrected chi connectivity index (χ3v) is 5.02. The van der Waals surface area contributed by atoms with E-state index in [4.69, 9.17) is 15.2 Å². The minimum absolute atomic E-state index is 0.0782. The summed E-state index contributed by atoms with van der Waals surface area (Å²) >= 11 is 0. The van der Waals surface area contributed by atoms with Crippen LogP contribution in [0.5, 0.6) is 5.75 Å². The number of hydrogen-bond donors (Lipinski definition) is 2. The zero-order chi connectivity index (χ0) is 22.3. The van der Waals surface area contributed by atoms with E-state index in [1.807, 2.05) is 0 Å². The average Bonchev–Trinajstić information content (AvgIpc) is 3.28. The number of amides is 1. The summed E-state index contributed by atoms with van der Waals surface area (Å²) in [5.41, 5.74) is 6.96. The number of alkyl halides is 3. The zero-order valence-corrected chi connectivity index (χ0v) is 16.3. The maximum atomic E-state index is 13.4. The summed E-state index contributed by atoms with van der Waals surface area (Å²) in [5.74, 6) is 0.708. The summed E-state index contributed by atoms with van der Waals surface area (Å²) in [6.45, 7) is 1.38. The maximum Gasteiger partial charge on any atom is 0.412 e. The number of benzene rings is 1. The molecule has 164 valence electrons. The minimum Gasteiger partial charge on any atom is -0.491 e. The van der Waals surface area contributed by atoms with Crippen LogP contribution in [0.4, 0.5) is 24.7 Å². The monoisotopic (exact) mass is 437 g/mol. The number of carbonyl (C=O) groups excluding carboxylic acids is 2. The van der Waals surface area contributed by atoms with Crippen LogP contribution in [0, 0.1) is 0 Å². The maximum absolute atomic E-state index is 13.4. The van der Waals surface area contributed by atoms with Crippen LogP contribution in [-0.4, -0.2) is 53.1 Å². The first-order valence-electron chi connectivity index (χ1n) is 9.34. The highest BCUT2D eigenvalue weighted by atomic mass is 19.4. The Morgan fingerprint density at radius 3 is 2.81 bits per heavy atom. The Labute approximate surface area is 174 Å². The van der Waals surface area contributed by atoms with Gasteiger partial charge in [-0.15, -0.1) is 0 Å². The SMILES string of the molecule is C[C@H](Nc1ccc2c(c1)OCCn1nc(N3C(=C=O)OC[C@H]3C(F)(F)F)cc1-2)C(N)=O. The van der Waals surface area contributed by atoms with Gasteiger partial charge in [0.15, 0.2) is 17.8 Å². The molecule has 1 fully saturated rings. The van der Waals surface area contributed by atoms with Crippen molar-refractivity contribution in [3.63, 3.8) is 0 Å². The van der Waals surface area contributed by atoms with Crippen LogP contribution in [0.2, 0.25) is 0 Å². The van der Waals surface area contributed by atoms with Gasteiger partial charge in [-0.05, 0) is 19.1 Å². The van der Waals surface area contributed by atoms with Gasteiger partial charge in [0.05, 0.1) is 12.2 Å². The van der Waals surface area contributed by atoms with Crippen molar-refractivity contribution in [3.05, 3.63) is 30.1 Å². The molecule has 0 radical (unpaired) electrons. The van der Waals surface area contributed by atoms with Gasteiger partial charge >= 0.3 is 6.18 Å². The highest BCUT2D eigenvalue weighted by molar-refractivity contribution is 5.83. The predicted molar refractivity (Wildman–Crippen MR) is 103 cm³/mol. The second-order valence-electron chi connectivity index (χ2n) is 7.08. The van der Waals surface area contributed by atoms with Crippen molar-refractivity contribution in [2.75, 3.05) is 23.4 Å². The molecule has 1 aromatic heterocycles.